The molecule has 0 aromatic heterocycles. The van der Waals surface area contributed by atoms with Gasteiger partial charge in [0.25, 0.3) is 5.91 Å². The molecule has 14 heavy (non-hydrogen) atoms. The molecule has 0 saturated heterocycles. The Morgan fingerprint density at radius 1 is 1.36 bits per heavy atom. The number of carbonyl (C=O) groups is 1. The number of hydrogen-bond donors (Lipinski definition) is 1. The smallest absolute Gasteiger partial charge is 0.258 e. The fraction of sp³-hybridized carbons (Fsp3) is 0.364. The summed E-state index contributed by atoms with van der Waals surface area (Å²) >= 11 is 0. The molecule has 0 fully saturated rings. The molecule has 3 heteroatoms. The number of nitrogens with two attached hydrogens (primary N) is 1. The van der Waals surface area contributed by atoms with Gasteiger partial charge >= 0.3 is 0 Å². The van der Waals surface area contributed by atoms with Crippen molar-refractivity contribution in [3.63, 3.8) is 0 Å². The maximum absolute atomic E-state index is 10.8. The van der Waals surface area contributed by atoms with Crippen LogP contribution in [0.5, 0.6) is 5.75 Å². The number of primary amides is 1. The lowest BCUT2D eigenvalue weighted by molar-refractivity contribution is -0.123. The van der Waals surface area contributed by atoms with Crippen LogP contribution in [-0.2, 0) is 4.79 Å². The minimum Gasteiger partial charge on any atom is -0.481 e. The molecule has 1 aromatic rings. The molecule has 0 bridgehead atoms. The molecule has 0 saturated carbocycles. The van der Waals surface area contributed by atoms with E-state index in [-0.39, 0.29) is 0 Å². The summed E-state index contributed by atoms with van der Waals surface area (Å²) in [5.41, 5.74) is 7.42. The van der Waals surface area contributed by atoms with Crippen LogP contribution < -0.4 is 10.5 Å². The highest BCUT2D eigenvalue weighted by Gasteiger charge is 2.09. The summed E-state index contributed by atoms with van der Waals surface area (Å²) in [6, 6.07) is 5.69. The summed E-state index contributed by atoms with van der Waals surface area (Å²) in [6.45, 7) is 5.66. The first-order valence-electron chi connectivity index (χ1n) is 4.54. The molecule has 1 amide bonds. The van der Waals surface area contributed by atoms with Gasteiger partial charge in [0.15, 0.2) is 6.10 Å². The lowest BCUT2D eigenvalue weighted by atomic mass is 10.1. The number of aryl methyl sites for hydroxylation is 2. The topological polar surface area (TPSA) is 52.3 Å². The maximum Gasteiger partial charge on any atom is 0.258 e. The van der Waals surface area contributed by atoms with Crippen LogP contribution in [-0.4, -0.2) is 12.0 Å². The van der Waals surface area contributed by atoms with Gasteiger partial charge in [-0.05, 0) is 44.0 Å². The van der Waals surface area contributed by atoms with Crippen LogP contribution in [0.3, 0.4) is 0 Å². The number of rotatable bonds is 3. The van der Waals surface area contributed by atoms with Gasteiger partial charge in [-0.3, -0.25) is 4.79 Å². The van der Waals surface area contributed by atoms with Crippen molar-refractivity contribution in [2.45, 2.75) is 26.9 Å². The van der Waals surface area contributed by atoms with Crippen LogP contribution in [0.4, 0.5) is 0 Å². The molecule has 2 N–H and O–H groups in total. The van der Waals surface area contributed by atoms with Crippen LogP contribution in [0.25, 0.3) is 0 Å². The molecule has 0 heterocycles. The minimum atomic E-state index is -0.586. The third-order valence-electron chi connectivity index (χ3n) is 2.19. The fourth-order valence-corrected chi connectivity index (χ4v) is 1.05. The highest BCUT2D eigenvalue weighted by atomic mass is 16.5. The average molecular weight is 193 g/mol. The third-order valence-corrected chi connectivity index (χ3v) is 2.19. The summed E-state index contributed by atoms with van der Waals surface area (Å²) < 4.78 is 5.34. The zero-order chi connectivity index (χ0) is 10.7. The minimum absolute atomic E-state index is 0.455. The second-order valence-corrected chi connectivity index (χ2v) is 3.41. The predicted octanol–water partition coefficient (Wildman–Crippen LogP) is 1.56. The summed E-state index contributed by atoms with van der Waals surface area (Å²) in [5, 5.41) is 0. The Hall–Kier alpha value is -1.51. The third kappa shape index (κ3) is 2.49. The Bertz CT molecular complexity index is 347. The standard InChI is InChI=1S/C11H15NO2/c1-7-4-5-10(6-8(7)2)14-9(3)11(12)13/h4-6,9H,1-3H3,(H2,12,13). The molecular formula is C11H15NO2. The van der Waals surface area contributed by atoms with Gasteiger partial charge in [0, 0.05) is 0 Å². The van der Waals surface area contributed by atoms with E-state index in [1.165, 1.54) is 5.56 Å². The second-order valence-electron chi connectivity index (χ2n) is 3.41. The van der Waals surface area contributed by atoms with Crippen molar-refractivity contribution < 1.29 is 9.53 Å². The Morgan fingerprint density at radius 2 is 2.00 bits per heavy atom. The molecule has 0 spiro atoms. The van der Waals surface area contributed by atoms with Gasteiger partial charge in [0.05, 0.1) is 0 Å². The molecule has 1 rings (SSSR count). The van der Waals surface area contributed by atoms with Crippen molar-refractivity contribution in [3.05, 3.63) is 29.3 Å². The second kappa shape index (κ2) is 4.13. The summed E-state index contributed by atoms with van der Waals surface area (Å²) in [5.74, 6) is 0.225. The van der Waals surface area contributed by atoms with Gasteiger partial charge < -0.3 is 10.5 Å². The maximum atomic E-state index is 10.8. The highest BCUT2D eigenvalue weighted by molar-refractivity contribution is 5.78. The van der Waals surface area contributed by atoms with Crippen LogP contribution in [0.2, 0.25) is 0 Å². The normalized spacial score (nSPS) is 12.2. The number of carbonyl (C=O) groups excluding carboxylic acids is 1. The van der Waals surface area contributed by atoms with Crippen molar-refractivity contribution >= 4 is 5.91 Å². The van der Waals surface area contributed by atoms with E-state index in [0.717, 1.165) is 5.56 Å². The van der Waals surface area contributed by atoms with Crippen molar-refractivity contribution in [3.8, 4) is 5.75 Å². The van der Waals surface area contributed by atoms with Crippen molar-refractivity contribution in [1.29, 1.82) is 0 Å². The zero-order valence-electron chi connectivity index (χ0n) is 8.70. The van der Waals surface area contributed by atoms with Gasteiger partial charge in [0.2, 0.25) is 0 Å². The predicted molar refractivity (Wildman–Crippen MR) is 55.2 cm³/mol. The molecule has 0 aliphatic heterocycles. The Labute approximate surface area is 83.9 Å². The lowest BCUT2D eigenvalue weighted by Gasteiger charge is -2.12. The SMILES string of the molecule is Cc1ccc(OC(C)C(N)=O)cc1C. The molecular weight excluding hydrogens is 178 g/mol. The van der Waals surface area contributed by atoms with E-state index in [1.807, 2.05) is 32.0 Å². The highest BCUT2D eigenvalue weighted by Crippen LogP contribution is 2.17. The molecule has 1 unspecified atom stereocenters. The Morgan fingerprint density at radius 3 is 2.50 bits per heavy atom. The largest absolute Gasteiger partial charge is 0.481 e. The molecule has 1 aromatic carbocycles. The van der Waals surface area contributed by atoms with Crippen molar-refractivity contribution in [2.75, 3.05) is 0 Å². The first-order valence-corrected chi connectivity index (χ1v) is 4.54. The number of benzene rings is 1. The van der Waals surface area contributed by atoms with Crippen LogP contribution in [0.1, 0.15) is 18.1 Å². The lowest BCUT2D eigenvalue weighted by Crippen LogP contribution is -2.30. The monoisotopic (exact) mass is 193 g/mol. The van der Waals surface area contributed by atoms with Gasteiger partial charge in [-0.15, -0.1) is 0 Å². The van der Waals surface area contributed by atoms with E-state index in [1.54, 1.807) is 6.92 Å². The van der Waals surface area contributed by atoms with E-state index < -0.39 is 12.0 Å². The molecule has 0 aliphatic rings. The van der Waals surface area contributed by atoms with Gasteiger partial charge in [0.1, 0.15) is 5.75 Å². The summed E-state index contributed by atoms with van der Waals surface area (Å²) in [7, 11) is 0. The molecule has 3 nitrogen and oxygen atoms in total. The van der Waals surface area contributed by atoms with Crippen molar-refractivity contribution in [1.82, 2.24) is 0 Å². The van der Waals surface area contributed by atoms with Crippen LogP contribution in [0, 0.1) is 13.8 Å². The molecule has 1 atom stereocenters. The first kappa shape index (κ1) is 10.6. The van der Waals surface area contributed by atoms with Crippen LogP contribution in [0.15, 0.2) is 18.2 Å². The van der Waals surface area contributed by atoms with Gasteiger partial charge in [-0.25, -0.2) is 0 Å². The molecule has 76 valence electrons. The fourth-order valence-electron chi connectivity index (χ4n) is 1.05. The van der Waals surface area contributed by atoms with Gasteiger partial charge in [-0.1, -0.05) is 6.07 Å². The van der Waals surface area contributed by atoms with Crippen LogP contribution >= 0.6 is 0 Å². The van der Waals surface area contributed by atoms with E-state index in [2.05, 4.69) is 0 Å². The summed E-state index contributed by atoms with van der Waals surface area (Å²) in [6.07, 6.45) is -0.586. The van der Waals surface area contributed by atoms with Crippen molar-refractivity contribution in [2.24, 2.45) is 5.73 Å². The molecule has 0 aliphatic carbocycles. The van der Waals surface area contributed by atoms with E-state index >= 15 is 0 Å². The number of hydrogen-bond acceptors (Lipinski definition) is 2. The van der Waals surface area contributed by atoms with Gasteiger partial charge in [-0.2, -0.15) is 0 Å². The average Bonchev–Trinajstić information content (AvgIpc) is 2.11. The summed E-state index contributed by atoms with van der Waals surface area (Å²) in [4.78, 5) is 10.8. The quantitative estimate of drug-likeness (QED) is 0.792. The first-order chi connectivity index (χ1) is 6.50. The number of amides is 1. The Kier molecular flexibility index (Phi) is 3.12. The van der Waals surface area contributed by atoms with E-state index in [4.69, 9.17) is 10.5 Å². The number of ether oxygens (including phenoxy) is 1. The zero-order valence-corrected chi connectivity index (χ0v) is 8.70. The molecule has 0 radical (unpaired) electrons. The Balaban J connectivity index is 2.78. The van der Waals surface area contributed by atoms with E-state index in [0.29, 0.717) is 5.75 Å². The van der Waals surface area contributed by atoms with E-state index in [9.17, 15) is 4.79 Å².